The molecule has 9 aromatic rings. The maximum atomic E-state index is 8.91. The van der Waals surface area contributed by atoms with Crippen LogP contribution in [0, 0.1) is 5.41 Å². The number of allylic oxidation sites excluding steroid dienone is 3. The Morgan fingerprint density at radius 2 is 0.828 bits per heavy atom. The minimum absolute atomic E-state index is 0.447. The summed E-state index contributed by atoms with van der Waals surface area (Å²) in [5, 5.41) is 8.91. The fourth-order valence-electron chi connectivity index (χ4n) is 7.09. The van der Waals surface area contributed by atoms with E-state index < -0.39 is 0 Å². The third-order valence-electron chi connectivity index (χ3n) is 10.2. The molecule has 2 heterocycles. The van der Waals surface area contributed by atoms with Crippen LogP contribution in [0.3, 0.4) is 0 Å². The second kappa shape index (κ2) is 16.5. The molecule has 58 heavy (non-hydrogen) atoms. The maximum absolute atomic E-state index is 8.91. The highest BCUT2D eigenvalue weighted by Crippen LogP contribution is 2.35. The van der Waals surface area contributed by atoms with Crippen molar-refractivity contribution in [2.45, 2.75) is 0 Å². The van der Waals surface area contributed by atoms with Crippen molar-refractivity contribution in [3.05, 3.63) is 235 Å². The zero-order valence-corrected chi connectivity index (χ0v) is 31.7. The minimum Gasteiger partial charge on any atom is -0.300 e. The Morgan fingerprint density at radius 3 is 1.36 bits per heavy atom. The van der Waals surface area contributed by atoms with E-state index in [2.05, 4.69) is 109 Å². The van der Waals surface area contributed by atoms with Crippen LogP contribution in [0.5, 0.6) is 0 Å². The average molecular weight is 743 g/mol. The maximum Gasteiger partial charge on any atom is 0.0973 e. The van der Waals surface area contributed by atoms with Gasteiger partial charge in [-0.15, -0.1) is 0 Å². The summed E-state index contributed by atoms with van der Waals surface area (Å²) < 4.78 is 0. The molecule has 0 saturated heterocycles. The summed E-state index contributed by atoms with van der Waals surface area (Å²) >= 11 is 0. The Bertz CT molecular complexity index is 2840. The highest BCUT2D eigenvalue weighted by atomic mass is 14.8. The summed E-state index contributed by atoms with van der Waals surface area (Å²) in [7, 11) is 0. The fraction of sp³-hybridized carbons (Fsp3) is 0. The van der Waals surface area contributed by atoms with Gasteiger partial charge < -0.3 is 5.41 Å². The summed E-state index contributed by atoms with van der Waals surface area (Å²) in [6.07, 6.45) is 6.10. The number of aromatic nitrogens is 3. The summed E-state index contributed by atoms with van der Waals surface area (Å²) in [6.45, 7) is 0. The molecule has 274 valence electrons. The first kappa shape index (κ1) is 35.9. The van der Waals surface area contributed by atoms with Crippen molar-refractivity contribution in [1.82, 2.24) is 15.0 Å². The summed E-state index contributed by atoms with van der Waals surface area (Å²) in [4.78, 5) is 15.5. The predicted octanol–water partition coefficient (Wildman–Crippen LogP) is 13.5. The fourth-order valence-corrected chi connectivity index (χ4v) is 7.09. The third kappa shape index (κ3) is 7.95. The molecule has 0 spiro atoms. The quantitative estimate of drug-likeness (QED) is 0.112. The molecule has 4 heteroatoms. The number of benzene rings is 7. The number of fused-ring (bicyclic) bond motifs is 1. The second-order valence-corrected chi connectivity index (χ2v) is 14.0. The van der Waals surface area contributed by atoms with Crippen LogP contribution in [0.2, 0.25) is 0 Å². The molecule has 0 aliphatic carbocycles. The van der Waals surface area contributed by atoms with Crippen molar-refractivity contribution >= 4 is 28.4 Å². The zero-order valence-electron chi connectivity index (χ0n) is 31.7. The second-order valence-electron chi connectivity index (χ2n) is 14.0. The molecule has 0 bridgehead atoms. The van der Waals surface area contributed by atoms with Crippen molar-refractivity contribution in [2.24, 2.45) is 0 Å². The molecule has 1 N–H and O–H groups in total. The first-order valence-corrected chi connectivity index (χ1v) is 19.3. The smallest absolute Gasteiger partial charge is 0.0973 e. The van der Waals surface area contributed by atoms with Gasteiger partial charge in [-0.1, -0.05) is 194 Å². The first-order chi connectivity index (χ1) is 28.6. The van der Waals surface area contributed by atoms with Crippen molar-refractivity contribution < 1.29 is 0 Å². The van der Waals surface area contributed by atoms with E-state index >= 15 is 0 Å². The molecule has 0 aliphatic heterocycles. The summed E-state index contributed by atoms with van der Waals surface area (Å²) in [5.41, 5.74) is 15.8. The molecule has 2 aromatic heterocycles. The lowest BCUT2D eigenvalue weighted by atomic mass is 9.96. The molecule has 7 aromatic carbocycles. The number of nitrogens with zero attached hydrogens (tertiary/aromatic N) is 3. The SMILES string of the molecule is N=C(/C=C(\C=C\c1ccccc1)c1ccc(-c2nc3ccccc3nc2-c2ccc(-c3cc(-c4ccccc4)nc(-c4ccccc4)c3)cc2)cc1)c1ccccc1. The van der Waals surface area contributed by atoms with E-state index in [4.69, 9.17) is 20.4 Å². The van der Waals surface area contributed by atoms with Gasteiger partial charge >= 0.3 is 0 Å². The van der Waals surface area contributed by atoms with E-state index in [1.165, 1.54) is 0 Å². The number of pyridine rings is 1. The molecular formula is C54H38N4. The lowest BCUT2D eigenvalue weighted by Gasteiger charge is -2.13. The molecule has 4 nitrogen and oxygen atoms in total. The number of nitrogens with one attached hydrogen (secondary N) is 1. The highest BCUT2D eigenvalue weighted by Gasteiger charge is 2.15. The van der Waals surface area contributed by atoms with Crippen LogP contribution < -0.4 is 0 Å². The zero-order chi connectivity index (χ0) is 39.1. The number of rotatable bonds is 10. The Labute approximate surface area is 338 Å². The molecule has 0 unspecified atom stereocenters. The standard InChI is InChI=1S/C54H38N4/c55-48(41-17-7-2-8-18-41)35-46(26-25-38-15-5-1-6-16-38)39-27-31-44(32-28-39)53-54(58-50-24-14-13-23-49(50)57-53)45-33-29-40(30-34-45)47-36-51(42-19-9-3-10-20-42)56-52(37-47)43-21-11-4-12-22-43/h1-37,55H/b26-25+,46-35+,55-48?. The van der Waals surface area contributed by atoms with E-state index in [-0.39, 0.29) is 0 Å². The molecule has 0 atom stereocenters. The summed E-state index contributed by atoms with van der Waals surface area (Å²) in [5.74, 6) is 0. The molecule has 0 saturated carbocycles. The topological polar surface area (TPSA) is 62.5 Å². The van der Waals surface area contributed by atoms with Crippen molar-refractivity contribution in [3.8, 4) is 56.2 Å². The van der Waals surface area contributed by atoms with Crippen LogP contribution in [0.1, 0.15) is 16.7 Å². The third-order valence-corrected chi connectivity index (χ3v) is 10.2. The Kier molecular flexibility index (Phi) is 10.2. The van der Waals surface area contributed by atoms with Gasteiger partial charge in [-0.3, -0.25) is 0 Å². The molecular weight excluding hydrogens is 705 g/mol. The van der Waals surface area contributed by atoms with Crippen LogP contribution in [-0.2, 0) is 0 Å². The van der Waals surface area contributed by atoms with Crippen LogP contribution in [0.4, 0.5) is 0 Å². The number of hydrogen-bond donors (Lipinski definition) is 1. The van der Waals surface area contributed by atoms with Crippen LogP contribution in [-0.4, -0.2) is 20.7 Å². The Morgan fingerprint density at radius 1 is 0.379 bits per heavy atom. The van der Waals surface area contributed by atoms with Gasteiger partial charge in [-0.2, -0.15) is 0 Å². The molecule has 0 fully saturated rings. The van der Waals surface area contributed by atoms with Gasteiger partial charge in [0.1, 0.15) is 0 Å². The van der Waals surface area contributed by atoms with E-state index in [1.54, 1.807) is 0 Å². The monoisotopic (exact) mass is 742 g/mol. The predicted molar refractivity (Wildman–Crippen MR) is 241 cm³/mol. The largest absolute Gasteiger partial charge is 0.300 e. The van der Waals surface area contributed by atoms with Crippen molar-refractivity contribution in [1.29, 1.82) is 5.41 Å². The lowest BCUT2D eigenvalue weighted by molar-refractivity contribution is 1.29. The Hall–Kier alpha value is -7.82. The van der Waals surface area contributed by atoms with Gasteiger partial charge in [0.15, 0.2) is 0 Å². The van der Waals surface area contributed by atoms with Crippen molar-refractivity contribution in [3.63, 3.8) is 0 Å². The van der Waals surface area contributed by atoms with Gasteiger partial charge in [0.05, 0.1) is 39.5 Å². The normalized spacial score (nSPS) is 11.6. The van der Waals surface area contributed by atoms with E-state index in [0.717, 1.165) is 89.5 Å². The van der Waals surface area contributed by atoms with Gasteiger partial charge in [-0.05, 0) is 63.7 Å². The minimum atomic E-state index is 0.447. The van der Waals surface area contributed by atoms with Gasteiger partial charge in [0.25, 0.3) is 0 Å². The first-order valence-electron chi connectivity index (χ1n) is 19.3. The highest BCUT2D eigenvalue weighted by molar-refractivity contribution is 6.11. The summed E-state index contributed by atoms with van der Waals surface area (Å²) in [6, 6.07) is 70.1. The molecule has 0 aliphatic rings. The van der Waals surface area contributed by atoms with Crippen molar-refractivity contribution in [2.75, 3.05) is 0 Å². The van der Waals surface area contributed by atoms with Crippen LogP contribution >= 0.6 is 0 Å². The van der Waals surface area contributed by atoms with Gasteiger partial charge in [0, 0.05) is 22.3 Å². The van der Waals surface area contributed by atoms with E-state index in [9.17, 15) is 0 Å². The molecule has 0 radical (unpaired) electrons. The number of para-hydroxylation sites is 2. The van der Waals surface area contributed by atoms with Gasteiger partial charge in [0.2, 0.25) is 0 Å². The van der Waals surface area contributed by atoms with Crippen LogP contribution in [0.15, 0.2) is 218 Å². The lowest BCUT2D eigenvalue weighted by Crippen LogP contribution is -1.97. The molecule has 0 amide bonds. The molecule has 9 rings (SSSR count). The van der Waals surface area contributed by atoms with Crippen LogP contribution in [0.25, 0.3) is 78.8 Å². The van der Waals surface area contributed by atoms with E-state index in [0.29, 0.717) is 5.71 Å². The average Bonchev–Trinajstić information content (AvgIpc) is 3.31. The number of hydrogen-bond acceptors (Lipinski definition) is 4. The Balaban J connectivity index is 1.09. The van der Waals surface area contributed by atoms with E-state index in [1.807, 2.05) is 115 Å². The van der Waals surface area contributed by atoms with Gasteiger partial charge in [-0.25, -0.2) is 15.0 Å².